The Kier molecular flexibility index (Phi) is 4.47. The van der Waals surface area contributed by atoms with Crippen molar-refractivity contribution in [3.8, 4) is 5.75 Å². The normalized spacial score (nSPS) is 28.6. The van der Waals surface area contributed by atoms with E-state index in [1.165, 1.54) is 0 Å². The summed E-state index contributed by atoms with van der Waals surface area (Å²) >= 11 is 3.50. The summed E-state index contributed by atoms with van der Waals surface area (Å²) in [7, 11) is 1.68. The van der Waals surface area contributed by atoms with Crippen LogP contribution in [-0.2, 0) is 6.42 Å². The first-order valence-corrected chi connectivity index (χ1v) is 7.84. The maximum absolute atomic E-state index is 10.7. The van der Waals surface area contributed by atoms with Crippen LogP contribution in [0, 0.1) is 10.8 Å². The predicted octanol–water partition coefficient (Wildman–Crippen LogP) is 3.13. The Morgan fingerprint density at radius 3 is 2.60 bits per heavy atom. The summed E-state index contributed by atoms with van der Waals surface area (Å²) in [5.41, 5.74) is 6.82. The van der Waals surface area contributed by atoms with E-state index in [0.29, 0.717) is 6.54 Å². The molecule has 1 aliphatic rings. The second kappa shape index (κ2) is 5.66. The minimum atomic E-state index is -0.385. The predicted molar refractivity (Wildman–Crippen MR) is 84.9 cm³/mol. The highest BCUT2D eigenvalue weighted by Crippen LogP contribution is 2.51. The van der Waals surface area contributed by atoms with E-state index in [2.05, 4.69) is 35.8 Å². The molecule has 0 aliphatic heterocycles. The summed E-state index contributed by atoms with van der Waals surface area (Å²) in [6, 6.07) is 5.98. The number of methoxy groups -OCH3 is 1. The van der Waals surface area contributed by atoms with Gasteiger partial charge in [0.25, 0.3) is 0 Å². The molecule has 0 heterocycles. The van der Waals surface area contributed by atoms with Crippen LogP contribution < -0.4 is 10.5 Å². The molecule has 112 valence electrons. The van der Waals surface area contributed by atoms with Gasteiger partial charge in [-0.25, -0.2) is 0 Å². The average molecular weight is 342 g/mol. The minimum Gasteiger partial charge on any atom is -0.496 e. The number of nitrogens with two attached hydrogens (primary N) is 1. The highest BCUT2D eigenvalue weighted by molar-refractivity contribution is 9.10. The van der Waals surface area contributed by atoms with Gasteiger partial charge in [0.05, 0.1) is 13.2 Å². The van der Waals surface area contributed by atoms with Crippen LogP contribution >= 0.6 is 15.9 Å². The van der Waals surface area contributed by atoms with Gasteiger partial charge in [-0.15, -0.1) is 0 Å². The Morgan fingerprint density at radius 1 is 1.40 bits per heavy atom. The Hall–Kier alpha value is -0.580. The van der Waals surface area contributed by atoms with Crippen LogP contribution in [0.3, 0.4) is 0 Å². The van der Waals surface area contributed by atoms with Crippen molar-refractivity contribution in [1.29, 1.82) is 0 Å². The standard InChI is InChI=1S/C16H24BrNO2/c1-15(2)6-7-16(10-18,14(15)19)9-11-8-12(17)4-5-13(11)20-3/h4-5,8,14,19H,6-7,9-10,18H2,1-3H3. The van der Waals surface area contributed by atoms with E-state index in [4.69, 9.17) is 10.5 Å². The lowest BCUT2D eigenvalue weighted by Gasteiger charge is -2.36. The van der Waals surface area contributed by atoms with Crippen molar-refractivity contribution in [2.45, 2.75) is 39.2 Å². The molecule has 0 saturated heterocycles. The van der Waals surface area contributed by atoms with E-state index in [1.54, 1.807) is 7.11 Å². The minimum absolute atomic E-state index is 0.0708. The number of aliphatic hydroxyl groups is 1. The van der Waals surface area contributed by atoms with Crippen LogP contribution in [0.1, 0.15) is 32.3 Å². The second-order valence-electron chi connectivity index (χ2n) is 6.59. The number of hydrogen-bond acceptors (Lipinski definition) is 3. The molecule has 1 aliphatic carbocycles. The van der Waals surface area contributed by atoms with Gasteiger partial charge < -0.3 is 15.6 Å². The van der Waals surface area contributed by atoms with Gasteiger partial charge in [-0.05, 0) is 48.4 Å². The molecule has 0 bridgehead atoms. The van der Waals surface area contributed by atoms with Crippen LogP contribution in [0.4, 0.5) is 0 Å². The molecule has 4 heteroatoms. The van der Waals surface area contributed by atoms with Crippen LogP contribution in [0.25, 0.3) is 0 Å². The van der Waals surface area contributed by atoms with Gasteiger partial charge in [-0.2, -0.15) is 0 Å². The molecule has 3 nitrogen and oxygen atoms in total. The summed E-state index contributed by atoms with van der Waals surface area (Å²) in [6.07, 6.45) is 2.31. The summed E-state index contributed by atoms with van der Waals surface area (Å²) in [4.78, 5) is 0. The Labute approximate surface area is 129 Å². The van der Waals surface area contributed by atoms with Crippen molar-refractivity contribution in [3.05, 3.63) is 28.2 Å². The van der Waals surface area contributed by atoms with E-state index in [1.807, 2.05) is 12.1 Å². The molecule has 0 amide bonds. The van der Waals surface area contributed by atoms with Crippen LogP contribution in [0.2, 0.25) is 0 Å². The Bertz CT molecular complexity index is 489. The molecule has 2 atom stereocenters. The van der Waals surface area contributed by atoms with E-state index in [9.17, 15) is 5.11 Å². The molecule has 1 aromatic carbocycles. The molecule has 2 unspecified atom stereocenters. The van der Waals surface area contributed by atoms with E-state index in [-0.39, 0.29) is 16.9 Å². The first-order chi connectivity index (χ1) is 9.34. The lowest BCUT2D eigenvalue weighted by Crippen LogP contribution is -2.44. The maximum atomic E-state index is 10.7. The largest absolute Gasteiger partial charge is 0.496 e. The first kappa shape index (κ1) is 15.8. The molecule has 0 aromatic heterocycles. The molecule has 1 aromatic rings. The third-order valence-electron chi connectivity index (χ3n) is 4.78. The number of hydrogen-bond donors (Lipinski definition) is 2. The average Bonchev–Trinajstić information content (AvgIpc) is 2.64. The van der Waals surface area contributed by atoms with Crippen molar-refractivity contribution >= 4 is 15.9 Å². The fourth-order valence-electron chi connectivity index (χ4n) is 3.41. The molecule has 20 heavy (non-hydrogen) atoms. The second-order valence-corrected chi connectivity index (χ2v) is 7.51. The molecule has 0 spiro atoms. The summed E-state index contributed by atoms with van der Waals surface area (Å²) in [6.45, 7) is 4.73. The van der Waals surface area contributed by atoms with Gasteiger partial charge in [0.2, 0.25) is 0 Å². The summed E-state index contributed by atoms with van der Waals surface area (Å²) in [5, 5.41) is 10.7. The molecule has 1 fully saturated rings. The van der Waals surface area contributed by atoms with Crippen molar-refractivity contribution in [2.75, 3.05) is 13.7 Å². The molecular formula is C16H24BrNO2. The van der Waals surface area contributed by atoms with Crippen molar-refractivity contribution in [3.63, 3.8) is 0 Å². The van der Waals surface area contributed by atoms with Crippen molar-refractivity contribution < 1.29 is 9.84 Å². The van der Waals surface area contributed by atoms with Gasteiger partial charge >= 0.3 is 0 Å². The van der Waals surface area contributed by atoms with E-state index >= 15 is 0 Å². The third-order valence-corrected chi connectivity index (χ3v) is 5.27. The third kappa shape index (κ3) is 2.74. The number of aliphatic hydroxyl groups excluding tert-OH is 1. The Balaban J connectivity index is 2.34. The highest BCUT2D eigenvalue weighted by atomic mass is 79.9. The van der Waals surface area contributed by atoms with Gasteiger partial charge in [0, 0.05) is 16.4 Å². The number of benzene rings is 1. The van der Waals surface area contributed by atoms with Crippen LogP contribution in [0.5, 0.6) is 5.75 Å². The zero-order chi connectivity index (χ0) is 15.0. The summed E-state index contributed by atoms with van der Waals surface area (Å²) < 4.78 is 6.46. The van der Waals surface area contributed by atoms with Gasteiger partial charge in [-0.3, -0.25) is 0 Å². The van der Waals surface area contributed by atoms with Crippen LogP contribution in [0.15, 0.2) is 22.7 Å². The van der Waals surface area contributed by atoms with E-state index < -0.39 is 0 Å². The monoisotopic (exact) mass is 341 g/mol. The molecular weight excluding hydrogens is 318 g/mol. The maximum Gasteiger partial charge on any atom is 0.122 e. The first-order valence-electron chi connectivity index (χ1n) is 7.05. The number of ether oxygens (including phenoxy) is 1. The van der Waals surface area contributed by atoms with Crippen molar-refractivity contribution in [2.24, 2.45) is 16.6 Å². The molecule has 1 saturated carbocycles. The molecule has 2 rings (SSSR count). The highest BCUT2D eigenvalue weighted by Gasteiger charge is 2.51. The zero-order valence-electron chi connectivity index (χ0n) is 12.4. The van der Waals surface area contributed by atoms with Crippen molar-refractivity contribution in [1.82, 2.24) is 0 Å². The quantitative estimate of drug-likeness (QED) is 0.884. The summed E-state index contributed by atoms with van der Waals surface area (Å²) in [5.74, 6) is 0.859. The number of rotatable bonds is 4. The zero-order valence-corrected chi connectivity index (χ0v) is 14.0. The number of halogens is 1. The lowest BCUT2D eigenvalue weighted by molar-refractivity contribution is -0.00485. The fourth-order valence-corrected chi connectivity index (χ4v) is 3.82. The van der Waals surface area contributed by atoms with E-state index in [0.717, 1.165) is 35.0 Å². The van der Waals surface area contributed by atoms with Gasteiger partial charge in [0.15, 0.2) is 0 Å². The topological polar surface area (TPSA) is 55.5 Å². The van der Waals surface area contributed by atoms with Crippen LogP contribution in [-0.4, -0.2) is 24.9 Å². The lowest BCUT2D eigenvalue weighted by atomic mass is 9.74. The molecule has 3 N–H and O–H groups in total. The van der Waals surface area contributed by atoms with Gasteiger partial charge in [0.1, 0.15) is 5.75 Å². The smallest absolute Gasteiger partial charge is 0.122 e. The SMILES string of the molecule is COc1ccc(Br)cc1CC1(CN)CCC(C)(C)C1O. The van der Waals surface area contributed by atoms with Gasteiger partial charge in [-0.1, -0.05) is 29.8 Å². The fraction of sp³-hybridized carbons (Fsp3) is 0.625. The Morgan fingerprint density at radius 2 is 2.10 bits per heavy atom. The molecule has 0 radical (unpaired) electrons.